The Labute approximate surface area is 116 Å². The van der Waals surface area contributed by atoms with Crippen molar-refractivity contribution >= 4 is 43.5 Å². The van der Waals surface area contributed by atoms with Gasteiger partial charge in [0.25, 0.3) is 0 Å². The van der Waals surface area contributed by atoms with Crippen molar-refractivity contribution in [2.45, 2.75) is 26.4 Å². The summed E-state index contributed by atoms with van der Waals surface area (Å²) in [6, 6.07) is -0.199. The second-order valence-electron chi connectivity index (χ2n) is 2.91. The molecule has 2 atom stereocenters. The molecule has 0 saturated carbocycles. The van der Waals surface area contributed by atoms with Gasteiger partial charge in [0.15, 0.2) is 0 Å². The van der Waals surface area contributed by atoms with Crippen molar-refractivity contribution in [1.82, 2.24) is 0 Å². The first-order valence-corrected chi connectivity index (χ1v) is 5.52. The fraction of sp³-hybridized carbons (Fsp3) is 0.833. The summed E-state index contributed by atoms with van der Waals surface area (Å²) < 4.78 is 91.7. The molecule has 0 aromatic rings. The van der Waals surface area contributed by atoms with Crippen molar-refractivity contribution < 1.29 is 35.1 Å². The third-order valence-corrected chi connectivity index (χ3v) is 4.16. The van der Waals surface area contributed by atoms with Crippen molar-refractivity contribution in [1.29, 1.82) is 5.26 Å². The van der Waals surface area contributed by atoms with Crippen LogP contribution in [0.3, 0.4) is 0 Å². The molecule has 0 spiro atoms. The lowest BCUT2D eigenvalue weighted by atomic mass is 10.0. The fourth-order valence-corrected chi connectivity index (χ4v) is 1.66. The van der Waals surface area contributed by atoms with Gasteiger partial charge in [0.05, 0.1) is 0 Å². The Bertz CT molecular complexity index is 371. The summed E-state index contributed by atoms with van der Waals surface area (Å²) in [5, 5.41) is 2.36. The van der Waals surface area contributed by atoms with E-state index in [1.54, 1.807) is 0 Å². The van der Waals surface area contributed by atoms with E-state index in [0.29, 0.717) is 0 Å². The molecule has 0 unspecified atom stereocenters. The average molecular weight is 433 g/mol. The predicted octanol–water partition coefficient (Wildman–Crippen LogP) is 4.73. The van der Waals surface area contributed by atoms with Gasteiger partial charge < -0.3 is 0 Å². The summed E-state index contributed by atoms with van der Waals surface area (Å²) >= 11 is 6.09. The van der Waals surface area contributed by atoms with Crippen LogP contribution in [0.25, 0.3) is 0 Å². The van der Waals surface area contributed by atoms with Gasteiger partial charge in [-0.1, -0.05) is 0 Å². The van der Waals surface area contributed by atoms with E-state index in [4.69, 9.17) is 5.26 Å². The Morgan fingerprint density at radius 1 is 0.833 bits per heavy atom. The first-order chi connectivity index (χ1) is 7.56. The number of rotatable bonds is 4. The van der Waals surface area contributed by atoms with Crippen LogP contribution in [-0.4, -0.2) is 26.4 Å². The maximum absolute atomic E-state index is 13.2. The molecule has 0 N–H and O–H groups in total. The molecular formula is C6Br2ClF8N. The second-order valence-corrected chi connectivity index (χ2v) is 5.57. The third kappa shape index (κ3) is 2.43. The van der Waals surface area contributed by atoms with E-state index in [0.717, 1.165) is 31.9 Å². The molecule has 0 radical (unpaired) electrons. The van der Waals surface area contributed by atoms with E-state index >= 15 is 0 Å². The van der Waals surface area contributed by atoms with Gasteiger partial charge in [0.2, 0.25) is 0 Å². The van der Waals surface area contributed by atoms with E-state index in [1.165, 1.54) is 0 Å². The summed E-state index contributed by atoms with van der Waals surface area (Å²) in [6.07, 6.45) is 0. The van der Waals surface area contributed by atoms with Crippen LogP contribution < -0.4 is 0 Å². The minimum atomic E-state index is -6.09. The van der Waals surface area contributed by atoms with Crippen molar-refractivity contribution in [3.63, 3.8) is 0 Å². The summed E-state index contributed by atoms with van der Waals surface area (Å²) in [7, 11) is 0. The highest BCUT2D eigenvalue weighted by molar-refractivity contribution is 9.10. The first kappa shape index (κ1) is 18.2. The standard InChI is InChI=1S/C6Br2ClF8N/c7-3(12,2(10,11)1-18)5(14,15)4(8,13)6(9,16)17/t3-,4-/m1/s1. The molecule has 0 amide bonds. The summed E-state index contributed by atoms with van der Waals surface area (Å²) in [5.74, 6) is -11.6. The Balaban J connectivity index is 5.90. The van der Waals surface area contributed by atoms with E-state index in [9.17, 15) is 35.1 Å². The summed E-state index contributed by atoms with van der Waals surface area (Å²) in [5.41, 5.74) is 0. The van der Waals surface area contributed by atoms with Crippen LogP contribution in [0.4, 0.5) is 35.1 Å². The number of hydrogen-bond donors (Lipinski definition) is 0. The van der Waals surface area contributed by atoms with E-state index in [2.05, 4.69) is 11.6 Å². The molecule has 12 heteroatoms. The second kappa shape index (κ2) is 4.63. The topological polar surface area (TPSA) is 23.8 Å². The van der Waals surface area contributed by atoms with Gasteiger partial charge in [0.1, 0.15) is 6.07 Å². The molecule has 106 valence electrons. The monoisotopic (exact) mass is 431 g/mol. The normalized spacial score (nSPS) is 20.8. The Morgan fingerprint density at radius 2 is 1.17 bits per heavy atom. The van der Waals surface area contributed by atoms with Gasteiger partial charge in [-0.3, -0.25) is 0 Å². The molecule has 0 heterocycles. The fourth-order valence-electron chi connectivity index (χ4n) is 0.643. The molecule has 0 bridgehead atoms. The summed E-state index contributed by atoms with van der Waals surface area (Å²) in [4.78, 5) is 0. The Morgan fingerprint density at radius 3 is 1.39 bits per heavy atom. The van der Waals surface area contributed by atoms with Crippen LogP contribution in [-0.2, 0) is 0 Å². The molecule has 0 aromatic heterocycles. The molecule has 0 aromatic carbocycles. The van der Waals surface area contributed by atoms with Gasteiger partial charge >= 0.3 is 26.4 Å². The van der Waals surface area contributed by atoms with Gasteiger partial charge in [-0.15, -0.1) is 0 Å². The van der Waals surface area contributed by atoms with Crippen LogP contribution in [0.15, 0.2) is 0 Å². The SMILES string of the molecule is N#CC(F)(F)[C@](F)(Br)C(F)(F)[C@](F)(Br)C(F)(F)Cl. The molecule has 0 fully saturated rings. The third-order valence-electron chi connectivity index (χ3n) is 1.68. The molecular weight excluding hydrogens is 433 g/mol. The number of nitriles is 1. The van der Waals surface area contributed by atoms with Crippen molar-refractivity contribution in [3.05, 3.63) is 0 Å². The molecule has 0 aliphatic heterocycles. The number of alkyl halides is 11. The number of halogens is 11. The zero-order chi connectivity index (χ0) is 15.2. The molecule has 1 nitrogen and oxygen atoms in total. The lowest BCUT2D eigenvalue weighted by molar-refractivity contribution is -0.240. The van der Waals surface area contributed by atoms with Crippen molar-refractivity contribution in [2.24, 2.45) is 0 Å². The smallest absolute Gasteiger partial charge is 0.216 e. The lowest BCUT2D eigenvalue weighted by Crippen LogP contribution is -2.64. The quantitative estimate of drug-likeness (QED) is 0.465. The van der Waals surface area contributed by atoms with Crippen LogP contribution in [0.1, 0.15) is 0 Å². The predicted molar refractivity (Wildman–Crippen MR) is 51.8 cm³/mol. The molecule has 0 saturated heterocycles. The van der Waals surface area contributed by atoms with Crippen molar-refractivity contribution in [2.75, 3.05) is 0 Å². The first-order valence-electron chi connectivity index (χ1n) is 3.55. The molecule has 0 aliphatic rings. The molecule has 0 rings (SSSR count). The highest BCUT2D eigenvalue weighted by atomic mass is 79.9. The van der Waals surface area contributed by atoms with Gasteiger partial charge in [0, 0.05) is 0 Å². The zero-order valence-corrected chi connectivity index (χ0v) is 11.5. The van der Waals surface area contributed by atoms with E-state index < -0.39 is 26.4 Å². The zero-order valence-electron chi connectivity index (χ0n) is 7.60. The number of hydrogen-bond acceptors (Lipinski definition) is 1. The van der Waals surface area contributed by atoms with Crippen LogP contribution in [0.5, 0.6) is 0 Å². The Kier molecular flexibility index (Phi) is 4.67. The van der Waals surface area contributed by atoms with E-state index in [1.807, 2.05) is 0 Å². The minimum absolute atomic E-state index is 0.199. The van der Waals surface area contributed by atoms with Gasteiger partial charge in [-0.2, -0.15) is 31.6 Å². The van der Waals surface area contributed by atoms with Gasteiger partial charge in [-0.05, 0) is 43.5 Å². The Hall–Kier alpha value is 0.180. The lowest BCUT2D eigenvalue weighted by Gasteiger charge is -2.38. The van der Waals surface area contributed by atoms with Gasteiger partial charge in [-0.25, -0.2) is 8.78 Å². The van der Waals surface area contributed by atoms with Crippen LogP contribution in [0, 0.1) is 11.3 Å². The maximum atomic E-state index is 13.2. The van der Waals surface area contributed by atoms with E-state index in [-0.39, 0.29) is 6.07 Å². The largest absolute Gasteiger partial charge is 0.381 e. The highest BCUT2D eigenvalue weighted by Gasteiger charge is 2.82. The molecule has 0 aliphatic carbocycles. The highest BCUT2D eigenvalue weighted by Crippen LogP contribution is 2.61. The minimum Gasteiger partial charge on any atom is -0.216 e. The van der Waals surface area contributed by atoms with Crippen LogP contribution in [0.2, 0.25) is 0 Å². The summed E-state index contributed by atoms with van der Waals surface area (Å²) in [6.45, 7) is 0. The maximum Gasteiger partial charge on any atom is 0.381 e. The van der Waals surface area contributed by atoms with Crippen molar-refractivity contribution in [3.8, 4) is 6.07 Å². The van der Waals surface area contributed by atoms with Crippen LogP contribution >= 0.6 is 43.5 Å². The molecule has 18 heavy (non-hydrogen) atoms. The number of nitrogens with zero attached hydrogens (tertiary/aromatic N) is 1. The average Bonchev–Trinajstić information content (AvgIpc) is 2.15.